The quantitative estimate of drug-likeness (QED) is 0.515. The highest BCUT2D eigenvalue weighted by atomic mass is 16.5. The number of nitrogens with one attached hydrogen (secondary N) is 1. The molecule has 0 spiro atoms. The molecule has 1 amide bonds. The van der Waals surface area contributed by atoms with Crippen LogP contribution in [-0.4, -0.2) is 19.2 Å². The van der Waals surface area contributed by atoms with Crippen molar-refractivity contribution in [1.82, 2.24) is 0 Å². The molecule has 1 aromatic carbocycles. The predicted molar refractivity (Wildman–Crippen MR) is 62.0 cm³/mol. The molecule has 0 saturated heterocycles. The van der Waals surface area contributed by atoms with Gasteiger partial charge in [-0.25, -0.2) is 9.79 Å². The van der Waals surface area contributed by atoms with Gasteiger partial charge in [-0.2, -0.15) is 0 Å². The number of carbonyl (C=O) groups excluding carboxylic acids is 1. The van der Waals surface area contributed by atoms with Crippen LogP contribution in [0, 0.1) is 0 Å². The number of anilines is 1. The lowest BCUT2D eigenvalue weighted by molar-refractivity contribution is 0.187. The third-order valence-electron chi connectivity index (χ3n) is 1.83. The van der Waals surface area contributed by atoms with Crippen molar-refractivity contribution in [2.45, 2.75) is 6.54 Å². The first-order valence-corrected chi connectivity index (χ1v) is 4.61. The molecular formula is C10H14N4O2. The molecule has 0 aromatic heterocycles. The van der Waals surface area contributed by atoms with Crippen molar-refractivity contribution >= 4 is 17.7 Å². The average molecular weight is 222 g/mol. The number of amides is 1. The van der Waals surface area contributed by atoms with Gasteiger partial charge in [0, 0.05) is 5.69 Å². The topological polar surface area (TPSA) is 103 Å². The Bertz CT molecular complexity index is 382. The second-order valence-electron chi connectivity index (χ2n) is 3.05. The maximum atomic E-state index is 10.9. The first kappa shape index (κ1) is 11.8. The van der Waals surface area contributed by atoms with Crippen molar-refractivity contribution in [1.29, 1.82) is 0 Å². The van der Waals surface area contributed by atoms with E-state index in [9.17, 15) is 4.79 Å². The number of carbonyl (C=O) groups is 1. The van der Waals surface area contributed by atoms with Crippen molar-refractivity contribution in [2.75, 3.05) is 12.4 Å². The summed E-state index contributed by atoms with van der Waals surface area (Å²) in [5.74, 6) is 0.0526. The molecule has 0 bridgehead atoms. The number of methoxy groups -OCH3 is 1. The molecular weight excluding hydrogens is 208 g/mol. The number of hydrogen-bond donors (Lipinski definition) is 3. The molecule has 16 heavy (non-hydrogen) atoms. The van der Waals surface area contributed by atoms with Crippen LogP contribution in [0.15, 0.2) is 29.3 Å². The highest BCUT2D eigenvalue weighted by Gasteiger charge is 1.99. The largest absolute Gasteiger partial charge is 0.453 e. The Morgan fingerprint density at radius 3 is 2.50 bits per heavy atom. The normalized spacial score (nSPS) is 9.31. The van der Waals surface area contributed by atoms with Gasteiger partial charge in [0.15, 0.2) is 5.96 Å². The smallest absolute Gasteiger partial charge is 0.411 e. The van der Waals surface area contributed by atoms with Gasteiger partial charge < -0.3 is 16.2 Å². The first-order valence-electron chi connectivity index (χ1n) is 4.61. The van der Waals surface area contributed by atoms with Gasteiger partial charge >= 0.3 is 6.09 Å². The maximum Gasteiger partial charge on any atom is 0.411 e. The summed E-state index contributed by atoms with van der Waals surface area (Å²) in [5, 5.41) is 2.54. The number of ether oxygens (including phenoxy) is 1. The summed E-state index contributed by atoms with van der Waals surface area (Å²) in [6, 6.07) is 7.12. The summed E-state index contributed by atoms with van der Waals surface area (Å²) in [6.45, 7) is 0.417. The summed E-state index contributed by atoms with van der Waals surface area (Å²) >= 11 is 0. The van der Waals surface area contributed by atoms with Crippen LogP contribution in [0.3, 0.4) is 0 Å². The molecule has 6 nitrogen and oxygen atoms in total. The minimum Gasteiger partial charge on any atom is -0.453 e. The minimum atomic E-state index is -0.503. The zero-order chi connectivity index (χ0) is 12.0. The van der Waals surface area contributed by atoms with Gasteiger partial charge in [0.1, 0.15) is 0 Å². The van der Waals surface area contributed by atoms with E-state index >= 15 is 0 Å². The van der Waals surface area contributed by atoms with E-state index in [4.69, 9.17) is 11.5 Å². The fourth-order valence-electron chi connectivity index (χ4n) is 1.04. The summed E-state index contributed by atoms with van der Waals surface area (Å²) in [6.07, 6.45) is -0.503. The highest BCUT2D eigenvalue weighted by molar-refractivity contribution is 5.84. The third kappa shape index (κ3) is 3.87. The Morgan fingerprint density at radius 1 is 1.38 bits per heavy atom. The number of nitrogens with zero attached hydrogens (tertiary/aromatic N) is 1. The Labute approximate surface area is 93.3 Å². The van der Waals surface area contributed by atoms with Crippen molar-refractivity contribution in [3.63, 3.8) is 0 Å². The molecule has 0 unspecified atom stereocenters. The van der Waals surface area contributed by atoms with Crippen molar-refractivity contribution in [3.8, 4) is 0 Å². The van der Waals surface area contributed by atoms with E-state index in [0.29, 0.717) is 12.2 Å². The number of hydrogen-bond acceptors (Lipinski definition) is 3. The number of rotatable bonds is 3. The van der Waals surface area contributed by atoms with Gasteiger partial charge in [-0.05, 0) is 17.7 Å². The average Bonchev–Trinajstić information content (AvgIpc) is 2.28. The number of guanidine groups is 1. The third-order valence-corrected chi connectivity index (χ3v) is 1.83. The molecule has 86 valence electrons. The van der Waals surface area contributed by atoms with Crippen LogP contribution >= 0.6 is 0 Å². The zero-order valence-electron chi connectivity index (χ0n) is 8.93. The molecule has 0 atom stereocenters. The monoisotopic (exact) mass is 222 g/mol. The fraction of sp³-hybridized carbons (Fsp3) is 0.200. The number of aliphatic imine (C=N–C) groups is 1. The van der Waals surface area contributed by atoms with Crippen LogP contribution in [0.2, 0.25) is 0 Å². The molecule has 0 fully saturated rings. The van der Waals surface area contributed by atoms with E-state index in [1.807, 2.05) is 12.1 Å². The molecule has 0 radical (unpaired) electrons. The van der Waals surface area contributed by atoms with Crippen LogP contribution in [0.4, 0.5) is 10.5 Å². The number of nitrogens with two attached hydrogens (primary N) is 2. The van der Waals surface area contributed by atoms with Gasteiger partial charge in [-0.15, -0.1) is 0 Å². The minimum absolute atomic E-state index is 0.0526. The van der Waals surface area contributed by atoms with Gasteiger partial charge in [0.05, 0.1) is 13.7 Å². The van der Waals surface area contributed by atoms with Crippen LogP contribution < -0.4 is 16.8 Å². The summed E-state index contributed by atoms with van der Waals surface area (Å²) in [7, 11) is 1.31. The van der Waals surface area contributed by atoms with E-state index in [1.165, 1.54) is 7.11 Å². The molecule has 1 aromatic rings. The van der Waals surface area contributed by atoms with Crippen LogP contribution in [0.1, 0.15) is 5.56 Å². The molecule has 0 heterocycles. The van der Waals surface area contributed by atoms with E-state index in [1.54, 1.807) is 12.1 Å². The van der Waals surface area contributed by atoms with E-state index in [0.717, 1.165) is 5.56 Å². The maximum absolute atomic E-state index is 10.9. The highest BCUT2D eigenvalue weighted by Crippen LogP contribution is 2.10. The van der Waals surface area contributed by atoms with Crippen LogP contribution in [-0.2, 0) is 11.3 Å². The molecule has 0 saturated carbocycles. The second kappa shape index (κ2) is 5.59. The lowest BCUT2D eigenvalue weighted by atomic mass is 10.2. The van der Waals surface area contributed by atoms with Crippen LogP contribution in [0.25, 0.3) is 0 Å². The summed E-state index contributed by atoms with van der Waals surface area (Å²) in [5.41, 5.74) is 12.0. The number of benzene rings is 1. The van der Waals surface area contributed by atoms with Gasteiger partial charge in [-0.1, -0.05) is 12.1 Å². The first-order chi connectivity index (χ1) is 7.61. The standard InChI is InChI=1S/C10H14N4O2/c1-16-10(15)14-8-4-2-7(3-5-8)6-13-9(11)12/h2-5H,6H2,1H3,(H,14,15)(H4,11,12,13). The van der Waals surface area contributed by atoms with Crippen LogP contribution in [0.5, 0.6) is 0 Å². The molecule has 0 aliphatic rings. The predicted octanol–water partition coefficient (Wildman–Crippen LogP) is 0.638. The van der Waals surface area contributed by atoms with Crippen molar-refractivity contribution < 1.29 is 9.53 Å². The molecule has 0 aliphatic heterocycles. The van der Waals surface area contributed by atoms with Crippen molar-refractivity contribution in [2.24, 2.45) is 16.5 Å². The lowest BCUT2D eigenvalue weighted by Crippen LogP contribution is -2.22. The van der Waals surface area contributed by atoms with Gasteiger partial charge in [0.2, 0.25) is 0 Å². The Kier molecular flexibility index (Phi) is 4.14. The Hall–Kier alpha value is -2.24. The fourth-order valence-corrected chi connectivity index (χ4v) is 1.04. The van der Waals surface area contributed by atoms with Gasteiger partial charge in [0.25, 0.3) is 0 Å². The Morgan fingerprint density at radius 2 is 2.00 bits per heavy atom. The molecule has 5 N–H and O–H groups in total. The second-order valence-corrected chi connectivity index (χ2v) is 3.05. The van der Waals surface area contributed by atoms with Gasteiger partial charge in [-0.3, -0.25) is 5.32 Å². The van der Waals surface area contributed by atoms with E-state index in [2.05, 4.69) is 15.0 Å². The SMILES string of the molecule is COC(=O)Nc1ccc(CN=C(N)N)cc1. The van der Waals surface area contributed by atoms with E-state index < -0.39 is 6.09 Å². The molecule has 6 heteroatoms. The summed E-state index contributed by atoms with van der Waals surface area (Å²) in [4.78, 5) is 14.8. The lowest BCUT2D eigenvalue weighted by Gasteiger charge is -2.04. The van der Waals surface area contributed by atoms with E-state index in [-0.39, 0.29) is 5.96 Å². The molecule has 1 rings (SSSR count). The zero-order valence-corrected chi connectivity index (χ0v) is 8.93. The molecule has 0 aliphatic carbocycles. The Balaban J connectivity index is 2.61. The van der Waals surface area contributed by atoms with Crippen molar-refractivity contribution in [3.05, 3.63) is 29.8 Å². The summed E-state index contributed by atoms with van der Waals surface area (Å²) < 4.78 is 4.46.